The molecule has 5 heteroatoms. The molecule has 0 radical (unpaired) electrons. The summed E-state index contributed by atoms with van der Waals surface area (Å²) in [5.41, 5.74) is 4.27. The van der Waals surface area contributed by atoms with Gasteiger partial charge in [0.2, 0.25) is 5.88 Å². The molecule has 0 bridgehead atoms. The highest BCUT2D eigenvalue weighted by Gasteiger charge is 2.18. The molecule has 0 spiro atoms. The van der Waals surface area contributed by atoms with Gasteiger partial charge >= 0.3 is 0 Å². The molecule has 1 aliphatic rings. The van der Waals surface area contributed by atoms with Gasteiger partial charge in [-0.15, -0.1) is 11.8 Å². The van der Waals surface area contributed by atoms with Crippen LogP contribution in [-0.2, 0) is 6.42 Å². The SMILES string of the molecule is CCc1ccc(C(=CC2CCCC2)c2ccc(SCCCO)c(Cl)c2)nc1OC. The topological polar surface area (TPSA) is 42.4 Å². The van der Waals surface area contributed by atoms with E-state index in [0.29, 0.717) is 11.8 Å². The molecule has 1 aromatic carbocycles. The molecule has 1 heterocycles. The molecule has 3 nitrogen and oxygen atoms in total. The zero-order valence-corrected chi connectivity index (χ0v) is 18.9. The number of nitrogens with zero attached hydrogens (tertiary/aromatic N) is 1. The third-order valence-corrected chi connectivity index (χ3v) is 6.98. The quantitative estimate of drug-likeness (QED) is 0.368. The Hall–Kier alpha value is -1.49. The van der Waals surface area contributed by atoms with Crippen LogP contribution >= 0.6 is 23.4 Å². The van der Waals surface area contributed by atoms with Crippen LogP contribution in [0.3, 0.4) is 0 Å². The molecule has 3 rings (SSSR count). The first kappa shape index (κ1) is 22.2. The van der Waals surface area contributed by atoms with Crippen LogP contribution in [0.4, 0.5) is 0 Å². The van der Waals surface area contributed by atoms with Crippen molar-refractivity contribution in [1.29, 1.82) is 0 Å². The number of aryl methyl sites for hydroxylation is 1. The predicted molar refractivity (Wildman–Crippen MR) is 123 cm³/mol. The first-order valence-electron chi connectivity index (χ1n) is 10.5. The van der Waals surface area contributed by atoms with E-state index < -0.39 is 0 Å². The first-order chi connectivity index (χ1) is 14.2. The maximum Gasteiger partial charge on any atom is 0.216 e. The third kappa shape index (κ3) is 5.78. The van der Waals surface area contributed by atoms with Gasteiger partial charge in [-0.1, -0.05) is 49.6 Å². The highest BCUT2D eigenvalue weighted by molar-refractivity contribution is 7.99. The van der Waals surface area contributed by atoms with E-state index in [1.165, 1.54) is 25.7 Å². The Morgan fingerprint density at radius 3 is 2.72 bits per heavy atom. The van der Waals surface area contributed by atoms with E-state index in [1.807, 2.05) is 6.07 Å². The maximum atomic E-state index is 9.00. The zero-order valence-electron chi connectivity index (χ0n) is 17.3. The summed E-state index contributed by atoms with van der Waals surface area (Å²) in [6.07, 6.45) is 9.09. The number of rotatable bonds is 9. The number of thioether (sulfide) groups is 1. The van der Waals surface area contributed by atoms with Crippen molar-refractivity contribution in [3.8, 4) is 5.88 Å². The van der Waals surface area contributed by atoms with E-state index in [0.717, 1.165) is 50.9 Å². The molecule has 1 saturated carbocycles. The number of aliphatic hydroxyl groups excluding tert-OH is 1. The lowest BCUT2D eigenvalue weighted by atomic mass is 9.95. The molecule has 0 unspecified atom stereocenters. The second-order valence-corrected chi connectivity index (χ2v) is 8.96. The van der Waals surface area contributed by atoms with E-state index >= 15 is 0 Å². The van der Waals surface area contributed by atoms with Gasteiger partial charge in [0, 0.05) is 28.4 Å². The van der Waals surface area contributed by atoms with Crippen LogP contribution < -0.4 is 4.74 Å². The van der Waals surface area contributed by atoms with Crippen molar-refractivity contribution < 1.29 is 9.84 Å². The highest BCUT2D eigenvalue weighted by Crippen LogP contribution is 2.36. The molecular formula is C24H30ClNO2S. The molecule has 1 fully saturated rings. The fourth-order valence-corrected chi connectivity index (χ4v) is 4.99. The maximum absolute atomic E-state index is 9.00. The Kier molecular flexibility index (Phi) is 8.46. The number of hydrogen-bond acceptors (Lipinski definition) is 4. The van der Waals surface area contributed by atoms with Crippen molar-refractivity contribution in [1.82, 2.24) is 4.98 Å². The number of allylic oxidation sites excluding steroid dienone is 1. The Balaban J connectivity index is 1.97. The fourth-order valence-electron chi connectivity index (χ4n) is 3.79. The molecule has 156 valence electrons. The lowest BCUT2D eigenvalue weighted by Gasteiger charge is -2.15. The Morgan fingerprint density at radius 1 is 1.28 bits per heavy atom. The molecule has 29 heavy (non-hydrogen) atoms. The minimum Gasteiger partial charge on any atom is -0.481 e. The molecule has 1 N–H and O–H groups in total. The van der Waals surface area contributed by atoms with Gasteiger partial charge < -0.3 is 9.84 Å². The monoisotopic (exact) mass is 431 g/mol. The lowest BCUT2D eigenvalue weighted by molar-refractivity contribution is 0.296. The third-order valence-electron chi connectivity index (χ3n) is 5.39. The van der Waals surface area contributed by atoms with E-state index in [4.69, 9.17) is 26.4 Å². The number of methoxy groups -OCH3 is 1. The molecule has 1 aromatic heterocycles. The van der Waals surface area contributed by atoms with E-state index in [-0.39, 0.29) is 6.61 Å². The van der Waals surface area contributed by atoms with Crippen molar-refractivity contribution in [2.45, 2.75) is 50.3 Å². The minimum absolute atomic E-state index is 0.207. The summed E-state index contributed by atoms with van der Waals surface area (Å²) in [4.78, 5) is 5.88. The summed E-state index contributed by atoms with van der Waals surface area (Å²) < 4.78 is 5.54. The summed E-state index contributed by atoms with van der Waals surface area (Å²) in [5, 5.41) is 9.75. The van der Waals surface area contributed by atoms with Gasteiger partial charge in [0.25, 0.3) is 0 Å². The number of benzene rings is 1. The van der Waals surface area contributed by atoms with Crippen LogP contribution in [0.5, 0.6) is 5.88 Å². The summed E-state index contributed by atoms with van der Waals surface area (Å²) in [6, 6.07) is 10.5. The number of halogens is 1. The van der Waals surface area contributed by atoms with Crippen LogP contribution in [0.2, 0.25) is 5.02 Å². The summed E-state index contributed by atoms with van der Waals surface area (Å²) in [7, 11) is 1.68. The molecule has 0 amide bonds. The molecule has 0 saturated heterocycles. The molecule has 0 atom stereocenters. The van der Waals surface area contributed by atoms with Crippen molar-refractivity contribution in [2.24, 2.45) is 5.92 Å². The van der Waals surface area contributed by atoms with Gasteiger partial charge in [0.1, 0.15) is 0 Å². The van der Waals surface area contributed by atoms with Gasteiger partial charge in [-0.2, -0.15) is 0 Å². The molecule has 0 aliphatic heterocycles. The summed E-state index contributed by atoms with van der Waals surface area (Å²) in [6.45, 7) is 2.32. The Morgan fingerprint density at radius 2 is 2.07 bits per heavy atom. The van der Waals surface area contributed by atoms with E-state index in [1.54, 1.807) is 18.9 Å². The van der Waals surface area contributed by atoms with Gasteiger partial charge in [-0.05, 0) is 55.4 Å². The van der Waals surface area contributed by atoms with Crippen molar-refractivity contribution in [3.05, 3.63) is 58.3 Å². The average molecular weight is 432 g/mol. The van der Waals surface area contributed by atoms with Gasteiger partial charge in [-0.25, -0.2) is 4.98 Å². The lowest BCUT2D eigenvalue weighted by Crippen LogP contribution is -2.01. The Labute approximate surface area is 183 Å². The minimum atomic E-state index is 0.207. The van der Waals surface area contributed by atoms with Crippen molar-refractivity contribution in [3.63, 3.8) is 0 Å². The number of ether oxygens (including phenoxy) is 1. The number of pyridine rings is 1. The second-order valence-electron chi connectivity index (χ2n) is 7.41. The second kappa shape index (κ2) is 11.1. The van der Waals surface area contributed by atoms with Crippen LogP contribution in [-0.4, -0.2) is 29.6 Å². The largest absolute Gasteiger partial charge is 0.481 e. The summed E-state index contributed by atoms with van der Waals surface area (Å²) >= 11 is 8.29. The highest BCUT2D eigenvalue weighted by atomic mass is 35.5. The van der Waals surface area contributed by atoms with E-state index in [2.05, 4.69) is 37.3 Å². The first-order valence-corrected chi connectivity index (χ1v) is 11.8. The average Bonchev–Trinajstić information content (AvgIpc) is 3.26. The van der Waals surface area contributed by atoms with Gasteiger partial charge in [0.15, 0.2) is 0 Å². The van der Waals surface area contributed by atoms with E-state index in [9.17, 15) is 0 Å². The fraction of sp³-hybridized carbons (Fsp3) is 0.458. The van der Waals surface area contributed by atoms with Crippen LogP contribution in [0, 0.1) is 5.92 Å². The molecule has 2 aromatic rings. The number of aliphatic hydroxyl groups is 1. The standard InChI is InChI=1S/C24H30ClNO2S/c1-3-18-9-11-22(26-24(18)28-2)20(15-17-7-4-5-8-17)19-10-12-23(21(25)16-19)29-14-6-13-27/h9-12,15-17,27H,3-8,13-14H2,1-2H3. The predicted octanol–water partition coefficient (Wildman–Crippen LogP) is 6.40. The normalized spacial score (nSPS) is 15.1. The summed E-state index contributed by atoms with van der Waals surface area (Å²) in [5.74, 6) is 2.14. The smallest absolute Gasteiger partial charge is 0.216 e. The van der Waals surface area contributed by atoms with Crippen LogP contribution in [0.1, 0.15) is 55.8 Å². The van der Waals surface area contributed by atoms with Gasteiger partial charge in [0.05, 0.1) is 17.8 Å². The number of aromatic nitrogens is 1. The van der Waals surface area contributed by atoms with Crippen LogP contribution in [0.15, 0.2) is 41.3 Å². The van der Waals surface area contributed by atoms with Crippen LogP contribution in [0.25, 0.3) is 5.57 Å². The van der Waals surface area contributed by atoms with Crippen molar-refractivity contribution in [2.75, 3.05) is 19.5 Å². The Bertz CT molecular complexity index is 847. The van der Waals surface area contributed by atoms with Crippen molar-refractivity contribution >= 4 is 28.9 Å². The molecule has 1 aliphatic carbocycles. The zero-order chi connectivity index (χ0) is 20.6. The van der Waals surface area contributed by atoms with Gasteiger partial charge in [-0.3, -0.25) is 0 Å². The molecular weight excluding hydrogens is 402 g/mol. The number of hydrogen-bond donors (Lipinski definition) is 1.